The first-order valence-corrected chi connectivity index (χ1v) is 8.98. The van der Waals surface area contributed by atoms with E-state index < -0.39 is 5.91 Å². The molecule has 142 valence electrons. The fourth-order valence-corrected chi connectivity index (χ4v) is 2.56. The molecule has 3 aromatic rings. The fourth-order valence-electron chi connectivity index (χ4n) is 2.56. The van der Waals surface area contributed by atoms with Gasteiger partial charge in [-0.2, -0.15) is 0 Å². The minimum absolute atomic E-state index is 0.118. The fraction of sp³-hybridized carbons (Fsp3) is 0.130. The van der Waals surface area contributed by atoms with Crippen LogP contribution in [0.3, 0.4) is 0 Å². The number of carbonyl (C=O) groups excluding carboxylic acids is 2. The Labute approximate surface area is 164 Å². The van der Waals surface area contributed by atoms with Crippen molar-refractivity contribution < 1.29 is 14.0 Å². The van der Waals surface area contributed by atoms with Gasteiger partial charge in [-0.1, -0.05) is 47.5 Å². The molecule has 28 heavy (non-hydrogen) atoms. The van der Waals surface area contributed by atoms with Crippen molar-refractivity contribution in [3.8, 4) is 0 Å². The van der Waals surface area contributed by atoms with Crippen molar-refractivity contribution >= 4 is 17.9 Å². The van der Waals surface area contributed by atoms with Gasteiger partial charge in [0.1, 0.15) is 11.5 Å². The summed E-state index contributed by atoms with van der Waals surface area (Å²) in [5.41, 5.74) is 3.77. The van der Waals surface area contributed by atoms with Crippen LogP contribution < -0.4 is 10.6 Å². The number of aryl methyl sites for hydroxylation is 2. The Hall–Kier alpha value is -3.60. The molecule has 0 aliphatic heterocycles. The third kappa shape index (κ3) is 5.20. The zero-order chi connectivity index (χ0) is 19.9. The SMILES string of the molecule is Cc1ccc(CNC(=O)C(=Cc2ccco2)NC(=O)c2ccc(C)cc2)cc1. The van der Waals surface area contributed by atoms with Gasteiger partial charge in [0.25, 0.3) is 11.8 Å². The second-order valence-corrected chi connectivity index (χ2v) is 6.56. The monoisotopic (exact) mass is 374 g/mol. The number of nitrogens with one attached hydrogen (secondary N) is 2. The maximum Gasteiger partial charge on any atom is 0.268 e. The molecule has 0 atom stereocenters. The lowest BCUT2D eigenvalue weighted by molar-refractivity contribution is -0.117. The minimum atomic E-state index is -0.391. The Morgan fingerprint density at radius 2 is 1.57 bits per heavy atom. The van der Waals surface area contributed by atoms with Crippen LogP contribution in [0, 0.1) is 13.8 Å². The maximum absolute atomic E-state index is 12.7. The Balaban J connectivity index is 1.74. The van der Waals surface area contributed by atoms with Gasteiger partial charge in [0.15, 0.2) is 0 Å². The van der Waals surface area contributed by atoms with Gasteiger partial charge in [-0.05, 0) is 43.7 Å². The van der Waals surface area contributed by atoms with Crippen LogP contribution in [0.4, 0.5) is 0 Å². The number of amides is 2. The van der Waals surface area contributed by atoms with E-state index in [9.17, 15) is 9.59 Å². The van der Waals surface area contributed by atoms with E-state index in [1.807, 2.05) is 50.2 Å². The van der Waals surface area contributed by atoms with Gasteiger partial charge in [-0.15, -0.1) is 0 Å². The third-order valence-corrected chi connectivity index (χ3v) is 4.21. The van der Waals surface area contributed by atoms with E-state index in [0.29, 0.717) is 17.9 Å². The lowest BCUT2D eigenvalue weighted by Crippen LogP contribution is -2.34. The molecule has 5 nitrogen and oxygen atoms in total. The molecule has 0 bridgehead atoms. The summed E-state index contributed by atoms with van der Waals surface area (Å²) >= 11 is 0. The lowest BCUT2D eigenvalue weighted by Gasteiger charge is -2.11. The minimum Gasteiger partial charge on any atom is -0.465 e. The number of benzene rings is 2. The van der Waals surface area contributed by atoms with Gasteiger partial charge in [0.2, 0.25) is 0 Å². The van der Waals surface area contributed by atoms with Crippen LogP contribution >= 0.6 is 0 Å². The van der Waals surface area contributed by atoms with Crippen LogP contribution in [0.2, 0.25) is 0 Å². The Kier molecular flexibility index (Phi) is 6.07. The molecule has 2 aromatic carbocycles. The number of hydrogen-bond acceptors (Lipinski definition) is 3. The van der Waals surface area contributed by atoms with Crippen LogP contribution in [-0.2, 0) is 11.3 Å². The van der Waals surface area contributed by atoms with Crippen molar-refractivity contribution in [3.05, 3.63) is 101 Å². The Morgan fingerprint density at radius 1 is 0.929 bits per heavy atom. The summed E-state index contributed by atoms with van der Waals surface area (Å²) in [7, 11) is 0. The zero-order valence-corrected chi connectivity index (χ0v) is 15.9. The van der Waals surface area contributed by atoms with Crippen LogP contribution in [0.1, 0.15) is 32.8 Å². The normalized spacial score (nSPS) is 11.1. The molecule has 0 unspecified atom stereocenters. The highest BCUT2D eigenvalue weighted by Crippen LogP contribution is 2.09. The van der Waals surface area contributed by atoms with Gasteiger partial charge in [0, 0.05) is 18.2 Å². The van der Waals surface area contributed by atoms with Gasteiger partial charge in [0.05, 0.1) is 6.26 Å². The zero-order valence-electron chi connectivity index (χ0n) is 15.9. The van der Waals surface area contributed by atoms with Crippen molar-refractivity contribution in [3.63, 3.8) is 0 Å². The third-order valence-electron chi connectivity index (χ3n) is 4.21. The van der Waals surface area contributed by atoms with E-state index in [0.717, 1.165) is 16.7 Å². The molecule has 0 aliphatic carbocycles. The van der Waals surface area contributed by atoms with E-state index in [1.165, 1.54) is 12.3 Å². The van der Waals surface area contributed by atoms with E-state index in [-0.39, 0.29) is 11.6 Å². The van der Waals surface area contributed by atoms with Gasteiger partial charge < -0.3 is 15.1 Å². The van der Waals surface area contributed by atoms with Crippen LogP contribution in [-0.4, -0.2) is 11.8 Å². The molecule has 0 aliphatic rings. The molecule has 1 heterocycles. The summed E-state index contributed by atoms with van der Waals surface area (Å²) in [6, 6.07) is 18.5. The van der Waals surface area contributed by atoms with Crippen molar-refractivity contribution in [1.82, 2.24) is 10.6 Å². The molecular formula is C23H22N2O3. The second kappa shape index (κ2) is 8.86. The van der Waals surface area contributed by atoms with Crippen LogP contribution in [0.25, 0.3) is 6.08 Å². The van der Waals surface area contributed by atoms with Gasteiger partial charge in [-0.3, -0.25) is 9.59 Å². The molecule has 5 heteroatoms. The molecule has 2 N–H and O–H groups in total. The molecule has 0 fully saturated rings. The quantitative estimate of drug-likeness (QED) is 0.641. The molecule has 0 radical (unpaired) electrons. The predicted octanol–water partition coefficient (Wildman–Crippen LogP) is 3.98. The summed E-state index contributed by atoms with van der Waals surface area (Å²) in [6.07, 6.45) is 3.02. The maximum atomic E-state index is 12.7. The second-order valence-electron chi connectivity index (χ2n) is 6.56. The van der Waals surface area contributed by atoms with Crippen molar-refractivity contribution in [1.29, 1.82) is 0 Å². The highest BCUT2D eigenvalue weighted by atomic mass is 16.3. The number of furan rings is 1. The lowest BCUT2D eigenvalue weighted by atomic mass is 10.1. The first-order chi connectivity index (χ1) is 13.5. The van der Waals surface area contributed by atoms with Crippen LogP contribution in [0.5, 0.6) is 0 Å². The predicted molar refractivity (Wildman–Crippen MR) is 108 cm³/mol. The average Bonchev–Trinajstić information content (AvgIpc) is 3.20. The van der Waals surface area contributed by atoms with Crippen LogP contribution in [0.15, 0.2) is 77.0 Å². The molecular weight excluding hydrogens is 352 g/mol. The summed E-state index contributed by atoms with van der Waals surface area (Å²) in [4.78, 5) is 25.2. The van der Waals surface area contributed by atoms with E-state index >= 15 is 0 Å². The molecule has 3 rings (SSSR count). The largest absolute Gasteiger partial charge is 0.465 e. The smallest absolute Gasteiger partial charge is 0.268 e. The Morgan fingerprint density at radius 3 is 2.18 bits per heavy atom. The Bertz CT molecular complexity index is 970. The highest BCUT2D eigenvalue weighted by Gasteiger charge is 2.15. The van der Waals surface area contributed by atoms with E-state index in [4.69, 9.17) is 4.42 Å². The number of rotatable bonds is 6. The van der Waals surface area contributed by atoms with Gasteiger partial charge in [-0.25, -0.2) is 0 Å². The highest BCUT2D eigenvalue weighted by molar-refractivity contribution is 6.05. The van der Waals surface area contributed by atoms with E-state index in [1.54, 1.807) is 24.3 Å². The first-order valence-electron chi connectivity index (χ1n) is 8.98. The first kappa shape index (κ1) is 19.2. The number of hydrogen-bond donors (Lipinski definition) is 2. The van der Waals surface area contributed by atoms with E-state index in [2.05, 4.69) is 10.6 Å². The number of carbonyl (C=O) groups is 2. The molecule has 2 amide bonds. The summed E-state index contributed by atoms with van der Waals surface area (Å²) in [5.74, 6) is -0.273. The van der Waals surface area contributed by atoms with Crippen molar-refractivity contribution in [2.24, 2.45) is 0 Å². The van der Waals surface area contributed by atoms with Crippen molar-refractivity contribution in [2.45, 2.75) is 20.4 Å². The summed E-state index contributed by atoms with van der Waals surface area (Å²) < 4.78 is 5.29. The molecule has 0 saturated carbocycles. The topological polar surface area (TPSA) is 71.3 Å². The van der Waals surface area contributed by atoms with Crippen molar-refractivity contribution in [2.75, 3.05) is 0 Å². The summed E-state index contributed by atoms with van der Waals surface area (Å²) in [5, 5.41) is 5.52. The average molecular weight is 374 g/mol. The molecule has 0 saturated heterocycles. The molecule has 0 spiro atoms. The van der Waals surface area contributed by atoms with Gasteiger partial charge >= 0.3 is 0 Å². The summed E-state index contributed by atoms with van der Waals surface area (Å²) in [6.45, 7) is 4.31. The molecule has 1 aromatic heterocycles. The standard InChI is InChI=1S/C23H22N2O3/c1-16-5-9-18(10-6-16)15-24-23(27)21(14-20-4-3-13-28-20)25-22(26)19-11-7-17(2)8-12-19/h3-14H,15H2,1-2H3,(H,24,27)(H,25,26).